The van der Waals surface area contributed by atoms with E-state index in [4.69, 9.17) is 0 Å². The summed E-state index contributed by atoms with van der Waals surface area (Å²) >= 11 is 2.11. The fraction of sp³-hybridized carbons (Fsp3) is 1.00. The van der Waals surface area contributed by atoms with Gasteiger partial charge >= 0.3 is 0 Å². The van der Waals surface area contributed by atoms with Gasteiger partial charge in [-0.25, -0.2) is 0 Å². The Balaban J connectivity index is 1.57. The van der Waals surface area contributed by atoms with Crippen LogP contribution in [0.4, 0.5) is 0 Å². The fourth-order valence-electron chi connectivity index (χ4n) is 2.74. The average Bonchev–Trinajstić information content (AvgIpc) is 2.81. The van der Waals surface area contributed by atoms with Crippen LogP contribution < -0.4 is 5.32 Å². The van der Waals surface area contributed by atoms with Crippen molar-refractivity contribution in [1.82, 2.24) is 10.2 Å². The Kier molecular flexibility index (Phi) is 5.46. The molecule has 2 nitrogen and oxygen atoms in total. The molecule has 2 unspecified atom stereocenters. The maximum atomic E-state index is 3.75. The molecule has 0 bridgehead atoms. The second kappa shape index (κ2) is 6.87. The molecule has 0 saturated carbocycles. The molecule has 2 saturated heterocycles. The van der Waals surface area contributed by atoms with Crippen molar-refractivity contribution in [3.05, 3.63) is 0 Å². The minimum Gasteiger partial charge on any atom is -0.313 e. The van der Waals surface area contributed by atoms with Gasteiger partial charge in [-0.3, -0.25) is 0 Å². The number of hydrogen-bond donors (Lipinski definition) is 1. The first-order valence-corrected chi connectivity index (χ1v) is 8.03. The third kappa shape index (κ3) is 4.27. The van der Waals surface area contributed by atoms with Gasteiger partial charge in [-0.05, 0) is 57.0 Å². The van der Waals surface area contributed by atoms with Crippen LogP contribution in [0.5, 0.6) is 0 Å². The lowest BCUT2D eigenvalue weighted by atomic mass is 10.1. The molecule has 0 aromatic heterocycles. The Labute approximate surface area is 105 Å². The van der Waals surface area contributed by atoms with Crippen molar-refractivity contribution in [3.8, 4) is 0 Å². The van der Waals surface area contributed by atoms with Crippen molar-refractivity contribution in [1.29, 1.82) is 0 Å². The van der Waals surface area contributed by atoms with Crippen LogP contribution in [0.2, 0.25) is 0 Å². The molecular formula is C13H26N2S. The van der Waals surface area contributed by atoms with Crippen LogP contribution in [0.25, 0.3) is 0 Å². The van der Waals surface area contributed by atoms with Crippen molar-refractivity contribution in [3.63, 3.8) is 0 Å². The van der Waals surface area contributed by atoms with Gasteiger partial charge in [-0.15, -0.1) is 0 Å². The van der Waals surface area contributed by atoms with Crippen LogP contribution in [0.15, 0.2) is 0 Å². The predicted molar refractivity (Wildman–Crippen MR) is 73.2 cm³/mol. The normalized spacial score (nSPS) is 29.4. The summed E-state index contributed by atoms with van der Waals surface area (Å²) in [5.41, 5.74) is 0. The molecule has 16 heavy (non-hydrogen) atoms. The number of hydrogen-bond acceptors (Lipinski definition) is 3. The molecule has 0 aliphatic carbocycles. The smallest absolute Gasteiger partial charge is 0.0158 e. The number of nitrogens with one attached hydrogen (secondary N) is 1. The van der Waals surface area contributed by atoms with Crippen LogP contribution in [-0.4, -0.2) is 48.6 Å². The summed E-state index contributed by atoms with van der Waals surface area (Å²) in [6, 6.07) is 0.791. The first-order chi connectivity index (χ1) is 7.84. The predicted octanol–water partition coefficient (Wildman–Crippen LogP) is 2.20. The molecule has 2 aliphatic rings. The second-order valence-corrected chi connectivity index (χ2v) is 6.59. The van der Waals surface area contributed by atoms with E-state index in [2.05, 4.69) is 28.9 Å². The van der Waals surface area contributed by atoms with Gasteiger partial charge in [0.2, 0.25) is 0 Å². The van der Waals surface area contributed by atoms with E-state index in [1.54, 1.807) is 0 Å². The maximum Gasteiger partial charge on any atom is 0.0158 e. The van der Waals surface area contributed by atoms with Gasteiger partial charge in [0.25, 0.3) is 0 Å². The lowest BCUT2D eigenvalue weighted by Crippen LogP contribution is -2.39. The number of nitrogens with zero attached hydrogens (tertiary/aromatic N) is 1. The van der Waals surface area contributed by atoms with E-state index in [0.717, 1.165) is 12.0 Å². The largest absolute Gasteiger partial charge is 0.313 e. The molecule has 0 spiro atoms. The van der Waals surface area contributed by atoms with Crippen LogP contribution >= 0.6 is 11.8 Å². The molecule has 1 N–H and O–H groups in total. The van der Waals surface area contributed by atoms with Crippen molar-refractivity contribution in [2.75, 3.05) is 37.7 Å². The highest BCUT2D eigenvalue weighted by Gasteiger charge is 2.17. The lowest BCUT2D eigenvalue weighted by Gasteiger charge is -2.26. The molecule has 2 fully saturated rings. The SMILES string of the molecule is CC(CNC1CCCSC1)CN1CCCC1. The molecule has 2 aliphatic heterocycles. The molecule has 2 rings (SSSR count). The second-order valence-electron chi connectivity index (χ2n) is 5.44. The Morgan fingerprint density at radius 2 is 2.12 bits per heavy atom. The first-order valence-electron chi connectivity index (χ1n) is 6.88. The number of rotatable bonds is 5. The van der Waals surface area contributed by atoms with Gasteiger partial charge in [0.05, 0.1) is 0 Å². The molecule has 3 heteroatoms. The standard InChI is InChI=1S/C13H26N2S/c1-12(10-15-6-2-3-7-15)9-14-13-5-4-8-16-11-13/h12-14H,2-11H2,1H3. The van der Waals surface area contributed by atoms with Gasteiger partial charge in [0.1, 0.15) is 0 Å². The average molecular weight is 242 g/mol. The third-order valence-electron chi connectivity index (χ3n) is 3.68. The van der Waals surface area contributed by atoms with Gasteiger partial charge in [-0.1, -0.05) is 6.92 Å². The van der Waals surface area contributed by atoms with Crippen LogP contribution in [0.1, 0.15) is 32.6 Å². The quantitative estimate of drug-likeness (QED) is 0.796. The van der Waals surface area contributed by atoms with Crippen LogP contribution in [0.3, 0.4) is 0 Å². The summed E-state index contributed by atoms with van der Waals surface area (Å²) in [6.07, 6.45) is 5.63. The van der Waals surface area contributed by atoms with Gasteiger partial charge in [0.15, 0.2) is 0 Å². The highest BCUT2D eigenvalue weighted by Crippen LogP contribution is 2.17. The summed E-state index contributed by atoms with van der Waals surface area (Å²) in [5.74, 6) is 3.52. The summed E-state index contributed by atoms with van der Waals surface area (Å²) in [5, 5.41) is 3.75. The van der Waals surface area contributed by atoms with E-state index in [0.29, 0.717) is 0 Å². The minimum atomic E-state index is 0.791. The summed E-state index contributed by atoms with van der Waals surface area (Å²) in [7, 11) is 0. The van der Waals surface area contributed by atoms with E-state index in [1.165, 1.54) is 63.4 Å². The minimum absolute atomic E-state index is 0.791. The van der Waals surface area contributed by atoms with Crippen molar-refractivity contribution in [2.45, 2.75) is 38.6 Å². The van der Waals surface area contributed by atoms with E-state index < -0.39 is 0 Å². The van der Waals surface area contributed by atoms with Gasteiger partial charge in [0, 0.05) is 18.3 Å². The zero-order chi connectivity index (χ0) is 11.2. The number of thioether (sulfide) groups is 1. The van der Waals surface area contributed by atoms with E-state index in [9.17, 15) is 0 Å². The summed E-state index contributed by atoms with van der Waals surface area (Å²) in [6.45, 7) is 7.57. The first kappa shape index (κ1) is 12.7. The number of likely N-dealkylation sites (tertiary alicyclic amines) is 1. The highest BCUT2D eigenvalue weighted by molar-refractivity contribution is 7.99. The Hall–Kier alpha value is 0.270. The summed E-state index contributed by atoms with van der Waals surface area (Å²) in [4.78, 5) is 2.63. The van der Waals surface area contributed by atoms with Crippen molar-refractivity contribution < 1.29 is 0 Å². The van der Waals surface area contributed by atoms with Crippen LogP contribution in [0, 0.1) is 5.92 Å². The third-order valence-corrected chi connectivity index (χ3v) is 4.90. The lowest BCUT2D eigenvalue weighted by molar-refractivity contribution is 0.277. The van der Waals surface area contributed by atoms with Crippen LogP contribution in [-0.2, 0) is 0 Å². The Morgan fingerprint density at radius 1 is 1.31 bits per heavy atom. The molecular weight excluding hydrogens is 216 g/mol. The fourth-order valence-corrected chi connectivity index (χ4v) is 3.85. The van der Waals surface area contributed by atoms with E-state index in [1.807, 2.05) is 0 Å². The monoisotopic (exact) mass is 242 g/mol. The molecule has 2 heterocycles. The van der Waals surface area contributed by atoms with Gasteiger partial charge in [-0.2, -0.15) is 11.8 Å². The van der Waals surface area contributed by atoms with Crippen molar-refractivity contribution >= 4 is 11.8 Å². The zero-order valence-corrected chi connectivity index (χ0v) is 11.4. The Bertz CT molecular complexity index is 186. The highest BCUT2D eigenvalue weighted by atomic mass is 32.2. The van der Waals surface area contributed by atoms with E-state index in [-0.39, 0.29) is 0 Å². The molecule has 2 atom stereocenters. The molecule has 0 amide bonds. The Morgan fingerprint density at radius 3 is 2.81 bits per heavy atom. The molecule has 0 aromatic rings. The molecule has 94 valence electrons. The summed E-state index contributed by atoms with van der Waals surface area (Å²) < 4.78 is 0. The topological polar surface area (TPSA) is 15.3 Å². The van der Waals surface area contributed by atoms with Gasteiger partial charge < -0.3 is 10.2 Å². The van der Waals surface area contributed by atoms with E-state index >= 15 is 0 Å². The zero-order valence-electron chi connectivity index (χ0n) is 10.6. The molecule has 0 aromatic carbocycles. The molecule has 0 radical (unpaired) electrons. The maximum absolute atomic E-state index is 3.75. The van der Waals surface area contributed by atoms with Crippen molar-refractivity contribution in [2.24, 2.45) is 5.92 Å².